The fraction of sp³-hybridized carbons (Fsp3) is 0.231. The van der Waals surface area contributed by atoms with E-state index in [1.807, 2.05) is 5.41 Å². The van der Waals surface area contributed by atoms with Crippen molar-refractivity contribution in [2.45, 2.75) is 6.42 Å². The van der Waals surface area contributed by atoms with Crippen molar-refractivity contribution in [2.24, 2.45) is 4.99 Å². The molecule has 0 saturated heterocycles. The summed E-state index contributed by atoms with van der Waals surface area (Å²) < 4.78 is 0. The Morgan fingerprint density at radius 3 is 3.10 bits per heavy atom. The summed E-state index contributed by atoms with van der Waals surface area (Å²) in [5.41, 5.74) is 1.55. The third-order valence-electron chi connectivity index (χ3n) is 3.00. The molecule has 4 nitrogen and oxygen atoms in total. The third-order valence-corrected chi connectivity index (χ3v) is 4.49. The molecule has 1 aromatic rings. The van der Waals surface area contributed by atoms with Crippen molar-refractivity contribution < 1.29 is 4.79 Å². The molecule has 0 aliphatic carbocycles. The number of nitrogens with one attached hydrogen (secondary N) is 1. The maximum Gasteiger partial charge on any atom is 0.230 e. The largest absolute Gasteiger partial charge is 0.324 e. The Kier molecular flexibility index (Phi) is 3.92. The topological polar surface area (TPSA) is 44.7 Å². The highest BCUT2D eigenvalue weighted by Crippen LogP contribution is 2.31. The number of hydrogen-bond donors (Lipinski definition) is 1. The molecule has 1 aromatic carbocycles. The number of aliphatic imine (C=N–C) groups is 1. The zero-order valence-electron chi connectivity index (χ0n) is 10.4. The van der Waals surface area contributed by atoms with Crippen molar-refractivity contribution in [3.63, 3.8) is 0 Å². The van der Waals surface area contributed by atoms with Crippen LogP contribution < -0.4 is 5.32 Å². The van der Waals surface area contributed by atoms with Gasteiger partial charge in [0.25, 0.3) is 0 Å². The van der Waals surface area contributed by atoms with Gasteiger partial charge in [0.15, 0.2) is 5.17 Å². The fourth-order valence-corrected chi connectivity index (χ4v) is 3.47. The molecule has 0 aromatic heterocycles. The lowest BCUT2D eigenvalue weighted by molar-refractivity contribution is -0.115. The van der Waals surface area contributed by atoms with E-state index in [4.69, 9.17) is 23.2 Å². The summed E-state index contributed by atoms with van der Waals surface area (Å²) in [5.74, 6) is -0.103. The van der Waals surface area contributed by atoms with Crippen molar-refractivity contribution >= 4 is 51.7 Å². The molecule has 0 fully saturated rings. The average molecular weight is 328 g/mol. The van der Waals surface area contributed by atoms with E-state index >= 15 is 0 Å². The smallest absolute Gasteiger partial charge is 0.230 e. The molecule has 2 aliphatic rings. The zero-order valence-corrected chi connectivity index (χ0v) is 12.7. The van der Waals surface area contributed by atoms with Crippen LogP contribution in [0.15, 0.2) is 34.3 Å². The summed E-state index contributed by atoms with van der Waals surface area (Å²) in [6, 6.07) is 5.00. The molecule has 2 aliphatic heterocycles. The average Bonchev–Trinajstić information content (AvgIpc) is 2.98. The molecule has 0 unspecified atom stereocenters. The maximum absolute atomic E-state index is 12.1. The van der Waals surface area contributed by atoms with Crippen LogP contribution in [0.3, 0.4) is 0 Å². The molecular weight excluding hydrogens is 317 g/mol. The van der Waals surface area contributed by atoms with Crippen LogP contribution >= 0.6 is 35.0 Å². The molecule has 2 heterocycles. The van der Waals surface area contributed by atoms with E-state index in [2.05, 4.69) is 15.2 Å². The minimum Gasteiger partial charge on any atom is -0.324 e. The van der Waals surface area contributed by atoms with E-state index < -0.39 is 0 Å². The zero-order chi connectivity index (χ0) is 14.1. The number of hydrogen-bond acceptors (Lipinski definition) is 4. The minimum absolute atomic E-state index is 0.103. The maximum atomic E-state index is 12.1. The van der Waals surface area contributed by atoms with Gasteiger partial charge in [0.2, 0.25) is 5.91 Å². The minimum atomic E-state index is -0.103. The standard InChI is InChI=1S/C13H11Cl2N3OS/c14-8-1-2-11(10(15)5-8)17-12(19)6-9-7-20-13-16-3-4-18(9)13/h1-2,5,7H,3-4,6H2,(H,17,19). The number of benzene rings is 1. The van der Waals surface area contributed by atoms with Crippen molar-refractivity contribution in [3.05, 3.63) is 39.3 Å². The molecule has 0 bridgehead atoms. The number of carbonyl (C=O) groups is 1. The Hall–Kier alpha value is -1.17. The molecule has 0 radical (unpaired) electrons. The quantitative estimate of drug-likeness (QED) is 0.922. The number of rotatable bonds is 3. The second-order valence-electron chi connectivity index (χ2n) is 4.39. The number of nitrogens with zero attached hydrogens (tertiary/aromatic N) is 2. The summed E-state index contributed by atoms with van der Waals surface area (Å²) >= 11 is 13.4. The van der Waals surface area contributed by atoms with Gasteiger partial charge in [-0.15, -0.1) is 0 Å². The molecular formula is C13H11Cl2N3OS. The molecule has 3 rings (SSSR count). The van der Waals surface area contributed by atoms with E-state index in [0.29, 0.717) is 22.2 Å². The van der Waals surface area contributed by atoms with E-state index in [-0.39, 0.29) is 5.91 Å². The Morgan fingerprint density at radius 2 is 2.30 bits per heavy atom. The summed E-state index contributed by atoms with van der Waals surface area (Å²) in [5, 5.41) is 6.73. The Balaban J connectivity index is 1.64. The number of carbonyl (C=O) groups excluding carboxylic acids is 1. The van der Waals surface area contributed by atoms with Crippen LogP contribution in [0.2, 0.25) is 10.0 Å². The van der Waals surface area contributed by atoms with Gasteiger partial charge in [-0.05, 0) is 23.6 Å². The van der Waals surface area contributed by atoms with Gasteiger partial charge >= 0.3 is 0 Å². The van der Waals surface area contributed by atoms with Crippen molar-refractivity contribution in [1.82, 2.24) is 4.90 Å². The first kappa shape index (κ1) is 13.8. The summed E-state index contributed by atoms with van der Waals surface area (Å²) in [6.45, 7) is 1.65. The first-order chi connectivity index (χ1) is 9.63. The number of thioether (sulfide) groups is 1. The molecule has 104 valence electrons. The van der Waals surface area contributed by atoms with Crippen LogP contribution in [0.5, 0.6) is 0 Å². The summed E-state index contributed by atoms with van der Waals surface area (Å²) in [6.07, 6.45) is 0.310. The number of amidine groups is 1. The number of amides is 1. The van der Waals surface area contributed by atoms with Gasteiger partial charge in [-0.2, -0.15) is 0 Å². The number of halogens is 2. The lowest BCUT2D eigenvalue weighted by Gasteiger charge is -2.16. The summed E-state index contributed by atoms with van der Waals surface area (Å²) in [7, 11) is 0. The molecule has 0 atom stereocenters. The van der Waals surface area contributed by atoms with Gasteiger partial charge in [0, 0.05) is 17.3 Å². The van der Waals surface area contributed by atoms with Crippen molar-refractivity contribution in [1.29, 1.82) is 0 Å². The van der Waals surface area contributed by atoms with E-state index in [1.165, 1.54) is 0 Å². The van der Waals surface area contributed by atoms with Gasteiger partial charge in [-0.25, -0.2) is 0 Å². The first-order valence-electron chi connectivity index (χ1n) is 6.06. The number of anilines is 1. The molecule has 1 amide bonds. The lowest BCUT2D eigenvalue weighted by atomic mass is 10.2. The van der Waals surface area contributed by atoms with Crippen LogP contribution in [0.25, 0.3) is 0 Å². The molecule has 7 heteroatoms. The summed E-state index contributed by atoms with van der Waals surface area (Å²) in [4.78, 5) is 18.5. The predicted octanol–water partition coefficient (Wildman–Crippen LogP) is 3.58. The van der Waals surface area contributed by atoms with Crippen LogP contribution in [-0.2, 0) is 4.79 Å². The monoisotopic (exact) mass is 327 g/mol. The van der Waals surface area contributed by atoms with Crippen LogP contribution in [0.1, 0.15) is 6.42 Å². The third kappa shape index (κ3) is 2.80. The normalized spacial score (nSPS) is 16.8. The van der Waals surface area contributed by atoms with Crippen molar-refractivity contribution in [3.8, 4) is 0 Å². The highest BCUT2D eigenvalue weighted by molar-refractivity contribution is 8.16. The SMILES string of the molecule is O=C(CC1=CSC2=NCCN12)Nc1ccc(Cl)cc1Cl. The highest BCUT2D eigenvalue weighted by Gasteiger charge is 2.27. The van der Waals surface area contributed by atoms with Crippen LogP contribution in [0, 0.1) is 0 Å². The molecule has 0 spiro atoms. The molecule has 20 heavy (non-hydrogen) atoms. The lowest BCUT2D eigenvalue weighted by Crippen LogP contribution is -2.24. The van der Waals surface area contributed by atoms with Gasteiger partial charge in [-0.3, -0.25) is 9.79 Å². The molecule has 1 N–H and O–H groups in total. The second kappa shape index (κ2) is 5.68. The van der Waals surface area contributed by atoms with Crippen LogP contribution in [-0.4, -0.2) is 29.1 Å². The predicted molar refractivity (Wildman–Crippen MR) is 84.4 cm³/mol. The highest BCUT2D eigenvalue weighted by atomic mass is 35.5. The van der Waals surface area contributed by atoms with E-state index in [9.17, 15) is 4.79 Å². The van der Waals surface area contributed by atoms with Crippen molar-refractivity contribution in [2.75, 3.05) is 18.4 Å². The fourth-order valence-electron chi connectivity index (χ4n) is 2.07. The van der Waals surface area contributed by atoms with Crippen LogP contribution in [0.4, 0.5) is 5.69 Å². The van der Waals surface area contributed by atoms with Gasteiger partial charge in [0.05, 0.1) is 23.7 Å². The first-order valence-corrected chi connectivity index (χ1v) is 7.69. The van der Waals surface area contributed by atoms with E-state index in [1.54, 1.807) is 30.0 Å². The second-order valence-corrected chi connectivity index (χ2v) is 6.07. The van der Waals surface area contributed by atoms with Gasteiger partial charge < -0.3 is 10.2 Å². The van der Waals surface area contributed by atoms with Gasteiger partial charge in [-0.1, -0.05) is 35.0 Å². The Labute approximate surface area is 130 Å². The van der Waals surface area contributed by atoms with E-state index in [0.717, 1.165) is 24.0 Å². The van der Waals surface area contributed by atoms with Gasteiger partial charge in [0.1, 0.15) is 0 Å². The Bertz CT molecular complexity index is 630. The molecule has 0 saturated carbocycles. The number of fused-ring (bicyclic) bond motifs is 1. The Morgan fingerprint density at radius 1 is 1.45 bits per heavy atom.